The summed E-state index contributed by atoms with van der Waals surface area (Å²) in [5, 5.41) is 0. The second-order valence-electron chi connectivity index (χ2n) is 25.1. The molecule has 4 heteroatoms. The summed E-state index contributed by atoms with van der Waals surface area (Å²) in [6.07, 6.45) is 44.2. The smallest absolute Gasteiger partial charge is 0.334 e. The molecule has 0 radical (unpaired) electrons. The fraction of sp³-hybridized carbons (Fsp3) is 0.867. The van der Waals surface area contributed by atoms with Gasteiger partial charge in [-0.15, -0.1) is 0 Å². The van der Waals surface area contributed by atoms with Crippen molar-refractivity contribution in [2.24, 2.45) is 69.0 Å². The third kappa shape index (κ3) is 9.34. The minimum absolute atomic E-state index is 0.115. The number of hydrogen-bond acceptors (Lipinski definition) is 4. The largest absolute Gasteiger partial charge is 0.459 e. The first-order valence-electron chi connectivity index (χ1n) is 28.2. The maximum atomic E-state index is 13.7. The van der Waals surface area contributed by atoms with Crippen molar-refractivity contribution in [1.82, 2.24) is 0 Å². The van der Waals surface area contributed by atoms with Crippen molar-refractivity contribution in [3.63, 3.8) is 0 Å². The molecule has 8 aliphatic rings. The molecule has 0 aromatic rings. The summed E-state index contributed by atoms with van der Waals surface area (Å²) in [5.41, 5.74) is 5.43. The van der Waals surface area contributed by atoms with E-state index < -0.39 is 0 Å². The Morgan fingerprint density at radius 1 is 0.500 bits per heavy atom. The lowest BCUT2D eigenvalue weighted by molar-refractivity contribution is -0.150. The molecule has 0 aromatic heterocycles. The van der Waals surface area contributed by atoms with Crippen molar-refractivity contribution in [1.29, 1.82) is 0 Å². The summed E-state index contributed by atoms with van der Waals surface area (Å²) in [4.78, 5) is 27.4. The van der Waals surface area contributed by atoms with Crippen molar-refractivity contribution < 1.29 is 19.1 Å². The first-order chi connectivity index (χ1) is 30.8. The van der Waals surface area contributed by atoms with E-state index in [-0.39, 0.29) is 35.0 Å². The average molecular weight is 881 g/mol. The van der Waals surface area contributed by atoms with E-state index in [4.69, 9.17) is 9.47 Å². The Kier molecular flexibility index (Phi) is 15.5. The number of rotatable bonds is 18. The summed E-state index contributed by atoms with van der Waals surface area (Å²) in [6, 6.07) is 0. The number of fused-ring (bicyclic) bond motifs is 10. The van der Waals surface area contributed by atoms with E-state index in [0.29, 0.717) is 22.0 Å². The van der Waals surface area contributed by atoms with Gasteiger partial charge in [-0.3, -0.25) is 0 Å². The van der Waals surface area contributed by atoms with Gasteiger partial charge in [0.2, 0.25) is 0 Å². The lowest BCUT2D eigenvalue weighted by atomic mass is 9.47. The minimum Gasteiger partial charge on any atom is -0.459 e. The van der Waals surface area contributed by atoms with Crippen molar-refractivity contribution in [2.75, 3.05) is 0 Å². The van der Waals surface area contributed by atoms with E-state index >= 15 is 0 Å². The van der Waals surface area contributed by atoms with Crippen LogP contribution < -0.4 is 0 Å². The molecule has 0 aliphatic heterocycles. The number of carbonyl (C=O) groups excluding carboxylic acids is 2. The Morgan fingerprint density at radius 3 is 1.30 bits per heavy atom. The zero-order valence-electron chi connectivity index (χ0n) is 42.8. The van der Waals surface area contributed by atoms with Gasteiger partial charge in [-0.1, -0.05) is 142 Å². The summed E-state index contributed by atoms with van der Waals surface area (Å²) in [6.45, 7) is 18.7. The predicted molar refractivity (Wildman–Crippen MR) is 265 cm³/mol. The van der Waals surface area contributed by atoms with Gasteiger partial charge >= 0.3 is 11.9 Å². The third-order valence-corrected chi connectivity index (χ3v) is 22.0. The van der Waals surface area contributed by atoms with Crippen LogP contribution in [0.5, 0.6) is 0 Å². The number of unbranched alkanes of at least 4 members (excludes halogenated alkanes) is 10. The number of hydrogen-bond donors (Lipinski definition) is 0. The fourth-order valence-electron chi connectivity index (χ4n) is 17.8. The highest BCUT2D eigenvalue weighted by molar-refractivity contribution is 5.99. The normalized spacial score (nSPS) is 41.5. The van der Waals surface area contributed by atoms with Gasteiger partial charge < -0.3 is 9.47 Å². The Labute approximate surface area is 393 Å². The maximum absolute atomic E-state index is 13.7. The van der Waals surface area contributed by atoms with E-state index in [1.54, 1.807) is 25.0 Å². The van der Waals surface area contributed by atoms with Gasteiger partial charge in [0.05, 0.1) is 0 Å². The van der Waals surface area contributed by atoms with Crippen LogP contribution in [0.15, 0.2) is 34.4 Å². The van der Waals surface area contributed by atoms with Crippen LogP contribution >= 0.6 is 0 Å². The van der Waals surface area contributed by atoms with E-state index in [1.165, 1.54) is 154 Å². The Bertz CT molecular complexity index is 1610. The average Bonchev–Trinajstić information content (AvgIpc) is 3.81. The summed E-state index contributed by atoms with van der Waals surface area (Å²) < 4.78 is 12.5. The van der Waals surface area contributed by atoms with Gasteiger partial charge in [-0.25, -0.2) is 9.59 Å². The van der Waals surface area contributed by atoms with E-state index in [0.717, 1.165) is 85.9 Å². The lowest BCUT2D eigenvalue weighted by Gasteiger charge is -2.58. The van der Waals surface area contributed by atoms with Gasteiger partial charge in [0, 0.05) is 24.0 Å². The molecule has 8 rings (SSSR count). The third-order valence-electron chi connectivity index (χ3n) is 22.0. The molecule has 0 bridgehead atoms. The Morgan fingerprint density at radius 2 is 0.891 bits per heavy atom. The topological polar surface area (TPSA) is 52.6 Å². The van der Waals surface area contributed by atoms with Crippen LogP contribution in [0.25, 0.3) is 0 Å². The molecule has 0 N–H and O–H groups in total. The molecule has 6 saturated carbocycles. The highest BCUT2D eigenvalue weighted by Gasteiger charge is 2.60. The number of esters is 2. The molecule has 14 atom stereocenters. The predicted octanol–water partition coefficient (Wildman–Crippen LogP) is 16.8. The van der Waals surface area contributed by atoms with E-state index in [2.05, 4.69) is 53.7 Å². The minimum atomic E-state index is -0.337. The van der Waals surface area contributed by atoms with E-state index in [1.807, 2.05) is 0 Å². The summed E-state index contributed by atoms with van der Waals surface area (Å²) in [5.74, 6) is 6.05. The van der Waals surface area contributed by atoms with Crippen LogP contribution in [-0.2, 0) is 19.1 Å². The Hall–Kier alpha value is -1.84. The van der Waals surface area contributed by atoms with Crippen LogP contribution in [0.4, 0.5) is 0 Å². The molecule has 0 unspecified atom stereocenters. The molecule has 360 valence electrons. The van der Waals surface area contributed by atoms with Crippen LogP contribution in [0.1, 0.15) is 248 Å². The van der Waals surface area contributed by atoms with Gasteiger partial charge in [-0.05, 0) is 186 Å². The lowest BCUT2D eigenvalue weighted by Crippen LogP contribution is -2.50. The number of carbonyl (C=O) groups is 2. The van der Waals surface area contributed by atoms with Gasteiger partial charge in [0.25, 0.3) is 0 Å². The standard InChI is InChI=1S/C60H96O4/c1-9-11-13-15-17-19-21-43-25-29-51-49-27-23-45-39-47(31-35-59(45,7)53(49)33-37-57(43,51)5)63-55(61)41(3)42(4)56(62)64-48-32-36-60(8)46(40-48)24-28-50-52-30-26-44(22-20-18-16-14-12-10-2)58(52,6)38-34-54(50)60/h23-24,43-44,47-54H,9-22,25-40H2,1-8H3/b42-41+/t43-,44-,47-,48+,49+,50+,51-,52+,53-,54+,57+,58-,59-,60+/m1/s1. The maximum Gasteiger partial charge on any atom is 0.334 e. The molecule has 0 spiro atoms. The molecule has 64 heavy (non-hydrogen) atoms. The molecule has 0 heterocycles. The SMILES string of the molecule is CCCCCCCC[C@@H]1CC[C@@H]2[C@@H]3CC=C4C[C@H](OC(=O)/C(C)=C(\C)C(=O)O[C@H]5CC[C@@]6(C)C(=CC[C@H]7[C@@H]8CC[C@@H](CCCCCCCC)[C@@]8(C)CC[C@@H]76)C5)CC[C@@]4(C)[C@@H]3CC[C@@]12C. The molecule has 8 aliphatic carbocycles. The van der Waals surface area contributed by atoms with Crippen LogP contribution in [0, 0.1) is 69.0 Å². The summed E-state index contributed by atoms with van der Waals surface area (Å²) in [7, 11) is 0. The molecule has 0 aromatic carbocycles. The molecule has 6 fully saturated rings. The highest BCUT2D eigenvalue weighted by atomic mass is 16.5. The van der Waals surface area contributed by atoms with Crippen molar-refractivity contribution in [3.8, 4) is 0 Å². The molecule has 0 amide bonds. The molecule has 4 nitrogen and oxygen atoms in total. The van der Waals surface area contributed by atoms with Crippen molar-refractivity contribution in [3.05, 3.63) is 34.4 Å². The fourth-order valence-corrected chi connectivity index (χ4v) is 17.8. The zero-order valence-corrected chi connectivity index (χ0v) is 42.8. The Balaban J connectivity index is 0.815. The van der Waals surface area contributed by atoms with Gasteiger partial charge in [-0.2, -0.15) is 0 Å². The first kappa shape index (κ1) is 48.6. The van der Waals surface area contributed by atoms with Crippen LogP contribution in [-0.4, -0.2) is 24.1 Å². The van der Waals surface area contributed by atoms with Gasteiger partial charge in [0.1, 0.15) is 12.2 Å². The van der Waals surface area contributed by atoms with Crippen LogP contribution in [0.3, 0.4) is 0 Å². The highest BCUT2D eigenvalue weighted by Crippen LogP contribution is 2.68. The quantitative estimate of drug-likeness (QED) is 0.0596. The zero-order chi connectivity index (χ0) is 45.3. The van der Waals surface area contributed by atoms with Gasteiger partial charge in [0.15, 0.2) is 0 Å². The van der Waals surface area contributed by atoms with Crippen LogP contribution in [0.2, 0.25) is 0 Å². The molecular weight excluding hydrogens is 785 g/mol. The van der Waals surface area contributed by atoms with Crippen molar-refractivity contribution in [2.45, 2.75) is 260 Å². The first-order valence-corrected chi connectivity index (χ1v) is 28.2. The van der Waals surface area contributed by atoms with E-state index in [9.17, 15) is 9.59 Å². The molecular formula is C60H96O4. The number of ether oxygens (including phenoxy) is 2. The second kappa shape index (κ2) is 20.4. The summed E-state index contributed by atoms with van der Waals surface area (Å²) >= 11 is 0. The second-order valence-corrected chi connectivity index (χ2v) is 25.1. The number of allylic oxidation sites excluding steroid dienone is 2. The molecule has 0 saturated heterocycles. The monoisotopic (exact) mass is 881 g/mol. The van der Waals surface area contributed by atoms with Crippen molar-refractivity contribution >= 4 is 11.9 Å².